The van der Waals surface area contributed by atoms with Crippen LogP contribution in [-0.4, -0.2) is 88.1 Å². The van der Waals surface area contributed by atoms with Gasteiger partial charge in [0.2, 0.25) is 0 Å². The Morgan fingerprint density at radius 1 is 0.909 bits per heavy atom. The summed E-state index contributed by atoms with van der Waals surface area (Å²) in [4.78, 5) is 29.4. The average molecular weight is 619 g/mol. The summed E-state index contributed by atoms with van der Waals surface area (Å²) in [5.74, 6) is 1.84. The van der Waals surface area contributed by atoms with Crippen molar-refractivity contribution in [1.29, 1.82) is 0 Å². The molecule has 3 aromatic carbocycles. The molecule has 0 aliphatic carbocycles. The SMILES string of the molecule is COc1ccc(S(=O)(=O)N(OC=O)c2ccc(Nc3cc(-c4ccc(OCCN5CCN(C)CC5)cc4)ncn3)cc2)cc1. The fourth-order valence-corrected chi connectivity index (χ4v) is 5.84. The van der Waals surface area contributed by atoms with E-state index in [0.29, 0.717) is 28.3 Å². The van der Waals surface area contributed by atoms with Crippen molar-refractivity contribution < 1.29 is 27.5 Å². The second-order valence-electron chi connectivity index (χ2n) is 10.1. The summed E-state index contributed by atoms with van der Waals surface area (Å²) in [5.41, 5.74) is 2.39. The van der Waals surface area contributed by atoms with Gasteiger partial charge in [0.1, 0.15) is 30.3 Å². The first-order valence-corrected chi connectivity index (χ1v) is 15.4. The highest BCUT2D eigenvalue weighted by molar-refractivity contribution is 7.92. The minimum absolute atomic E-state index is 0.0585. The Balaban J connectivity index is 1.21. The molecule has 0 saturated carbocycles. The van der Waals surface area contributed by atoms with Crippen molar-refractivity contribution in [2.24, 2.45) is 0 Å². The highest BCUT2D eigenvalue weighted by Gasteiger charge is 2.27. The molecule has 0 atom stereocenters. The van der Waals surface area contributed by atoms with E-state index >= 15 is 0 Å². The predicted octanol–water partition coefficient (Wildman–Crippen LogP) is 3.81. The molecule has 13 heteroatoms. The molecule has 0 unspecified atom stereocenters. The van der Waals surface area contributed by atoms with Gasteiger partial charge in [-0.25, -0.2) is 9.97 Å². The number of piperazine rings is 1. The van der Waals surface area contributed by atoms with Crippen LogP contribution in [0.15, 0.2) is 90.1 Å². The molecule has 1 fully saturated rings. The Morgan fingerprint density at radius 3 is 2.25 bits per heavy atom. The van der Waals surface area contributed by atoms with Gasteiger partial charge < -0.3 is 24.5 Å². The molecular weight excluding hydrogens is 584 g/mol. The zero-order chi connectivity index (χ0) is 30.9. The number of benzene rings is 3. The molecule has 1 saturated heterocycles. The zero-order valence-corrected chi connectivity index (χ0v) is 25.3. The molecule has 2 heterocycles. The van der Waals surface area contributed by atoms with Gasteiger partial charge in [-0.1, -0.05) is 4.47 Å². The molecule has 12 nitrogen and oxygen atoms in total. The maximum Gasteiger partial charge on any atom is 0.322 e. The van der Waals surface area contributed by atoms with E-state index in [2.05, 4.69) is 32.1 Å². The number of nitrogens with one attached hydrogen (secondary N) is 1. The molecule has 1 N–H and O–H groups in total. The lowest BCUT2D eigenvalue weighted by Gasteiger charge is -2.32. The van der Waals surface area contributed by atoms with Gasteiger partial charge in [0.05, 0.1) is 23.4 Å². The van der Waals surface area contributed by atoms with Gasteiger partial charge in [-0.2, -0.15) is 8.42 Å². The van der Waals surface area contributed by atoms with Gasteiger partial charge in [-0.15, -0.1) is 0 Å². The van der Waals surface area contributed by atoms with Crippen LogP contribution < -0.4 is 19.3 Å². The highest BCUT2D eigenvalue weighted by Crippen LogP contribution is 2.28. The third-order valence-corrected chi connectivity index (χ3v) is 8.76. The molecule has 0 amide bonds. The van der Waals surface area contributed by atoms with Crippen molar-refractivity contribution in [1.82, 2.24) is 19.8 Å². The lowest BCUT2D eigenvalue weighted by molar-refractivity contribution is -0.128. The zero-order valence-electron chi connectivity index (χ0n) is 24.5. The van der Waals surface area contributed by atoms with E-state index in [0.717, 1.165) is 49.7 Å². The van der Waals surface area contributed by atoms with Crippen LogP contribution in [0.1, 0.15) is 0 Å². The number of hydrogen-bond donors (Lipinski definition) is 1. The average Bonchev–Trinajstić information content (AvgIpc) is 3.05. The summed E-state index contributed by atoms with van der Waals surface area (Å²) in [5, 5.41) is 3.19. The minimum atomic E-state index is -4.19. The van der Waals surface area contributed by atoms with Gasteiger partial charge in [-0.3, -0.25) is 9.69 Å². The maximum absolute atomic E-state index is 13.2. The number of ether oxygens (including phenoxy) is 2. The number of sulfonamides is 1. The Kier molecular flexibility index (Phi) is 9.89. The number of methoxy groups -OCH3 is 1. The van der Waals surface area contributed by atoms with E-state index < -0.39 is 10.0 Å². The van der Waals surface area contributed by atoms with Crippen molar-refractivity contribution in [2.45, 2.75) is 4.90 Å². The lowest BCUT2D eigenvalue weighted by atomic mass is 10.1. The normalized spacial score (nSPS) is 14.0. The molecule has 230 valence electrons. The Hall–Kier alpha value is -4.72. The van der Waals surface area contributed by atoms with Crippen LogP contribution in [0.2, 0.25) is 0 Å². The van der Waals surface area contributed by atoms with Crippen molar-refractivity contribution in [3.63, 3.8) is 0 Å². The Labute approximate surface area is 256 Å². The van der Waals surface area contributed by atoms with Gasteiger partial charge in [0.15, 0.2) is 0 Å². The monoisotopic (exact) mass is 618 g/mol. The summed E-state index contributed by atoms with van der Waals surface area (Å²) in [6, 6.07) is 21.7. The van der Waals surface area contributed by atoms with Gasteiger partial charge >= 0.3 is 6.47 Å². The number of likely N-dealkylation sites (N-methyl/N-ethyl adjacent to an activating group) is 1. The lowest BCUT2D eigenvalue weighted by Crippen LogP contribution is -2.45. The standard InChI is InChI=1S/C31H34N6O6S/c1-35-15-17-36(18-16-35)19-20-42-28-9-3-24(4-10-28)30-21-31(33-22-32-30)34-25-5-7-26(8-6-25)37(43-23-38)44(39,40)29-13-11-27(41-2)12-14-29/h3-14,21-23H,15-20H2,1-2H3,(H,32,33,34). The second kappa shape index (κ2) is 14.2. The molecule has 44 heavy (non-hydrogen) atoms. The third kappa shape index (κ3) is 7.61. The summed E-state index contributed by atoms with van der Waals surface area (Å²) in [6.07, 6.45) is 1.47. The van der Waals surface area contributed by atoms with Crippen molar-refractivity contribution in [3.05, 3.63) is 85.2 Å². The molecule has 4 aromatic rings. The van der Waals surface area contributed by atoms with Crippen LogP contribution in [0, 0.1) is 0 Å². The smallest absolute Gasteiger partial charge is 0.322 e. The van der Waals surface area contributed by atoms with E-state index in [9.17, 15) is 13.2 Å². The van der Waals surface area contributed by atoms with Gasteiger partial charge in [0, 0.05) is 50.0 Å². The van der Waals surface area contributed by atoms with Crippen LogP contribution in [0.25, 0.3) is 11.3 Å². The minimum Gasteiger partial charge on any atom is -0.497 e. The number of carbonyl (C=O) groups excluding carboxylic acids is 1. The van der Waals surface area contributed by atoms with Crippen molar-refractivity contribution >= 4 is 33.7 Å². The molecule has 0 bridgehead atoms. The van der Waals surface area contributed by atoms with Gasteiger partial charge in [-0.05, 0) is 79.8 Å². The van der Waals surface area contributed by atoms with E-state index in [1.54, 1.807) is 12.1 Å². The van der Waals surface area contributed by atoms with E-state index in [1.807, 2.05) is 30.3 Å². The summed E-state index contributed by atoms with van der Waals surface area (Å²) in [6.45, 7) is 5.89. The number of carbonyl (C=O) groups is 1. The van der Waals surface area contributed by atoms with E-state index in [1.165, 1.54) is 49.8 Å². The Morgan fingerprint density at radius 2 is 1.59 bits per heavy atom. The van der Waals surface area contributed by atoms with Crippen LogP contribution in [0.3, 0.4) is 0 Å². The van der Waals surface area contributed by atoms with Crippen molar-refractivity contribution in [2.75, 3.05) is 63.3 Å². The summed E-state index contributed by atoms with van der Waals surface area (Å²) < 4.78 is 38.0. The van der Waals surface area contributed by atoms with Crippen LogP contribution in [-0.2, 0) is 19.7 Å². The molecule has 1 aromatic heterocycles. The quantitative estimate of drug-likeness (QED) is 0.174. The predicted molar refractivity (Wildman–Crippen MR) is 166 cm³/mol. The van der Waals surface area contributed by atoms with Crippen LogP contribution >= 0.6 is 0 Å². The third-order valence-electron chi connectivity index (χ3n) is 7.15. The number of hydrogen-bond acceptors (Lipinski definition) is 11. The van der Waals surface area contributed by atoms with Crippen LogP contribution in [0.5, 0.6) is 11.5 Å². The first-order chi connectivity index (χ1) is 21.4. The number of anilines is 3. The van der Waals surface area contributed by atoms with Gasteiger partial charge in [0.25, 0.3) is 10.0 Å². The largest absolute Gasteiger partial charge is 0.497 e. The first kappa shape index (κ1) is 30.7. The fraction of sp³-hybridized carbons (Fsp3) is 0.258. The molecule has 1 aliphatic heterocycles. The van der Waals surface area contributed by atoms with E-state index in [-0.39, 0.29) is 17.1 Å². The first-order valence-electron chi connectivity index (χ1n) is 14.0. The molecular formula is C31H34N6O6S. The highest BCUT2D eigenvalue weighted by atomic mass is 32.2. The molecule has 0 radical (unpaired) electrons. The second-order valence-corrected chi connectivity index (χ2v) is 11.8. The molecule has 0 spiro atoms. The molecule has 5 rings (SSSR count). The summed E-state index contributed by atoms with van der Waals surface area (Å²) in [7, 11) is -0.569. The number of aromatic nitrogens is 2. The van der Waals surface area contributed by atoms with E-state index in [4.69, 9.17) is 14.3 Å². The molecule has 1 aliphatic rings. The maximum atomic E-state index is 13.2. The number of rotatable bonds is 13. The summed E-state index contributed by atoms with van der Waals surface area (Å²) >= 11 is 0. The van der Waals surface area contributed by atoms with Crippen molar-refractivity contribution in [3.8, 4) is 22.8 Å². The number of nitrogens with zero attached hydrogens (tertiary/aromatic N) is 5. The Bertz CT molecular complexity index is 1630. The fourth-order valence-electron chi connectivity index (χ4n) is 4.62. The van der Waals surface area contributed by atoms with Crippen LogP contribution in [0.4, 0.5) is 17.2 Å². The topological polar surface area (TPSA) is 126 Å².